The van der Waals surface area contributed by atoms with Crippen molar-refractivity contribution in [2.24, 2.45) is 0 Å². The van der Waals surface area contributed by atoms with Crippen molar-refractivity contribution < 1.29 is 4.39 Å². The number of hydrogen-bond donors (Lipinski definition) is 1. The molecule has 1 heterocycles. The Balaban J connectivity index is 2.15. The Kier molecular flexibility index (Phi) is 4.13. The van der Waals surface area contributed by atoms with Gasteiger partial charge in [0.25, 0.3) is 0 Å². The number of rotatable bonds is 3. The summed E-state index contributed by atoms with van der Waals surface area (Å²) in [6.45, 7) is 7.48. The van der Waals surface area contributed by atoms with Crippen molar-refractivity contribution >= 4 is 0 Å². The van der Waals surface area contributed by atoms with Crippen LogP contribution in [0.3, 0.4) is 0 Å². The van der Waals surface area contributed by atoms with E-state index < -0.39 is 0 Å². The topological polar surface area (TPSA) is 15.3 Å². The van der Waals surface area contributed by atoms with Crippen LogP contribution in [0.4, 0.5) is 4.39 Å². The van der Waals surface area contributed by atoms with Gasteiger partial charge in [0.05, 0.1) is 0 Å². The third kappa shape index (κ3) is 2.85. The second kappa shape index (κ2) is 5.61. The fourth-order valence-electron chi connectivity index (χ4n) is 2.62. The fraction of sp³-hybridized carbons (Fsp3) is 0.571. The van der Waals surface area contributed by atoms with E-state index in [0.717, 1.165) is 31.6 Å². The van der Waals surface area contributed by atoms with E-state index in [1.54, 1.807) is 12.1 Å². The van der Waals surface area contributed by atoms with Gasteiger partial charge >= 0.3 is 0 Å². The van der Waals surface area contributed by atoms with Crippen molar-refractivity contribution in [1.82, 2.24) is 10.2 Å². The monoisotopic (exact) mass is 236 g/mol. The van der Waals surface area contributed by atoms with Gasteiger partial charge in [-0.05, 0) is 31.0 Å². The molecule has 1 saturated heterocycles. The minimum absolute atomic E-state index is 0.141. The van der Waals surface area contributed by atoms with Crippen molar-refractivity contribution in [3.8, 4) is 0 Å². The summed E-state index contributed by atoms with van der Waals surface area (Å²) in [5.41, 5.74) is 1.07. The maximum Gasteiger partial charge on any atom is 0.123 e. The predicted molar refractivity (Wildman–Crippen MR) is 68.5 cm³/mol. The molecular formula is C14H21FN2. The minimum atomic E-state index is -0.141. The van der Waals surface area contributed by atoms with Crippen molar-refractivity contribution in [3.05, 3.63) is 35.6 Å². The first-order valence-electron chi connectivity index (χ1n) is 6.44. The summed E-state index contributed by atoms with van der Waals surface area (Å²) in [6.07, 6.45) is 1.13. The molecule has 0 radical (unpaired) electrons. The van der Waals surface area contributed by atoms with Gasteiger partial charge in [-0.15, -0.1) is 0 Å². The molecule has 94 valence electrons. The van der Waals surface area contributed by atoms with Crippen LogP contribution in [0.1, 0.15) is 31.9 Å². The Morgan fingerprint density at radius 1 is 1.53 bits per heavy atom. The van der Waals surface area contributed by atoms with E-state index in [0.29, 0.717) is 6.04 Å². The second-order valence-electron chi connectivity index (χ2n) is 4.74. The molecule has 1 aromatic rings. The number of piperazine rings is 1. The molecule has 1 aliphatic heterocycles. The summed E-state index contributed by atoms with van der Waals surface area (Å²) in [7, 11) is 0. The van der Waals surface area contributed by atoms with Crippen LogP contribution < -0.4 is 5.32 Å². The number of hydrogen-bond acceptors (Lipinski definition) is 2. The van der Waals surface area contributed by atoms with E-state index >= 15 is 0 Å². The zero-order chi connectivity index (χ0) is 12.3. The first-order valence-corrected chi connectivity index (χ1v) is 6.44. The Labute approximate surface area is 103 Å². The zero-order valence-electron chi connectivity index (χ0n) is 10.6. The maximum absolute atomic E-state index is 13.2. The molecule has 0 amide bonds. The van der Waals surface area contributed by atoms with Gasteiger partial charge in [0.2, 0.25) is 0 Å². The zero-order valence-corrected chi connectivity index (χ0v) is 10.6. The predicted octanol–water partition coefficient (Wildman–Crippen LogP) is 2.57. The largest absolute Gasteiger partial charge is 0.314 e. The van der Waals surface area contributed by atoms with Crippen molar-refractivity contribution in [1.29, 1.82) is 0 Å². The lowest BCUT2D eigenvalue weighted by molar-refractivity contribution is 0.111. The summed E-state index contributed by atoms with van der Waals surface area (Å²) in [4.78, 5) is 2.48. The number of nitrogens with zero attached hydrogens (tertiary/aromatic N) is 1. The Hall–Kier alpha value is -0.930. The lowest BCUT2D eigenvalue weighted by Crippen LogP contribution is -2.51. The molecule has 3 heteroatoms. The molecule has 2 unspecified atom stereocenters. The molecule has 2 rings (SSSR count). The van der Waals surface area contributed by atoms with Gasteiger partial charge in [-0.2, -0.15) is 0 Å². The average Bonchev–Trinajstić information content (AvgIpc) is 2.38. The highest BCUT2D eigenvalue weighted by Crippen LogP contribution is 2.24. The molecule has 1 N–H and O–H groups in total. The van der Waals surface area contributed by atoms with Crippen LogP contribution in [-0.2, 0) is 0 Å². The molecule has 1 fully saturated rings. The van der Waals surface area contributed by atoms with Gasteiger partial charge in [-0.25, -0.2) is 4.39 Å². The van der Waals surface area contributed by atoms with E-state index in [9.17, 15) is 4.39 Å². The first-order chi connectivity index (χ1) is 8.22. The Bertz CT molecular complexity index is 367. The number of halogens is 1. The molecular weight excluding hydrogens is 215 g/mol. The first kappa shape index (κ1) is 12.5. The molecule has 17 heavy (non-hydrogen) atoms. The number of nitrogens with one attached hydrogen (secondary N) is 1. The molecule has 0 aliphatic carbocycles. The third-order valence-corrected chi connectivity index (χ3v) is 3.70. The van der Waals surface area contributed by atoms with Crippen LogP contribution in [0, 0.1) is 5.82 Å². The highest BCUT2D eigenvalue weighted by molar-refractivity contribution is 5.20. The van der Waals surface area contributed by atoms with E-state index in [1.165, 1.54) is 6.07 Å². The summed E-state index contributed by atoms with van der Waals surface area (Å²) in [6, 6.07) is 7.82. The molecule has 0 saturated carbocycles. The van der Waals surface area contributed by atoms with Crippen LogP contribution >= 0.6 is 0 Å². The third-order valence-electron chi connectivity index (χ3n) is 3.70. The van der Waals surface area contributed by atoms with Crippen molar-refractivity contribution in [2.75, 3.05) is 19.6 Å². The van der Waals surface area contributed by atoms with Gasteiger partial charge in [-0.1, -0.05) is 19.1 Å². The Morgan fingerprint density at radius 3 is 3.06 bits per heavy atom. The summed E-state index contributed by atoms with van der Waals surface area (Å²) in [5, 5.41) is 3.42. The SMILES string of the molecule is CCC1CNCCN1C(C)c1cccc(F)c1. The fourth-order valence-corrected chi connectivity index (χ4v) is 2.62. The maximum atomic E-state index is 13.2. The molecule has 2 nitrogen and oxygen atoms in total. The van der Waals surface area contributed by atoms with Crippen molar-refractivity contribution in [2.45, 2.75) is 32.4 Å². The minimum Gasteiger partial charge on any atom is -0.314 e. The summed E-state index contributed by atoms with van der Waals surface area (Å²) in [5.74, 6) is -0.141. The highest BCUT2D eigenvalue weighted by atomic mass is 19.1. The van der Waals surface area contributed by atoms with E-state index in [-0.39, 0.29) is 11.9 Å². The smallest absolute Gasteiger partial charge is 0.123 e. The van der Waals surface area contributed by atoms with Gasteiger partial charge in [0.1, 0.15) is 5.82 Å². The molecule has 1 aliphatic rings. The van der Waals surface area contributed by atoms with E-state index in [4.69, 9.17) is 0 Å². The molecule has 0 spiro atoms. The standard InChI is InChI=1S/C14H21FN2/c1-3-14-10-16-7-8-17(14)11(2)12-5-4-6-13(15)9-12/h4-6,9,11,14,16H,3,7-8,10H2,1-2H3. The second-order valence-corrected chi connectivity index (χ2v) is 4.74. The highest BCUT2D eigenvalue weighted by Gasteiger charge is 2.25. The average molecular weight is 236 g/mol. The van der Waals surface area contributed by atoms with Crippen LogP contribution in [0.15, 0.2) is 24.3 Å². The van der Waals surface area contributed by atoms with Crippen LogP contribution in [0.25, 0.3) is 0 Å². The van der Waals surface area contributed by atoms with Gasteiger partial charge in [-0.3, -0.25) is 4.90 Å². The van der Waals surface area contributed by atoms with Gasteiger partial charge in [0, 0.05) is 31.7 Å². The summed E-state index contributed by atoms with van der Waals surface area (Å²) >= 11 is 0. The quantitative estimate of drug-likeness (QED) is 0.867. The normalized spacial score (nSPS) is 23.6. The molecule has 0 aromatic heterocycles. The number of benzene rings is 1. The van der Waals surface area contributed by atoms with Crippen molar-refractivity contribution in [3.63, 3.8) is 0 Å². The van der Waals surface area contributed by atoms with Crippen LogP contribution in [0.2, 0.25) is 0 Å². The lowest BCUT2D eigenvalue weighted by Gasteiger charge is -2.40. The lowest BCUT2D eigenvalue weighted by atomic mass is 10.0. The van der Waals surface area contributed by atoms with Gasteiger partial charge < -0.3 is 5.32 Å². The van der Waals surface area contributed by atoms with E-state index in [1.807, 2.05) is 6.07 Å². The van der Waals surface area contributed by atoms with E-state index in [2.05, 4.69) is 24.1 Å². The Morgan fingerprint density at radius 2 is 2.35 bits per heavy atom. The molecule has 1 aromatic carbocycles. The molecule has 2 atom stereocenters. The summed E-state index contributed by atoms with van der Waals surface area (Å²) < 4.78 is 13.2. The van der Waals surface area contributed by atoms with Crippen LogP contribution in [0.5, 0.6) is 0 Å². The molecule has 0 bridgehead atoms. The van der Waals surface area contributed by atoms with Gasteiger partial charge in [0.15, 0.2) is 0 Å². The van der Waals surface area contributed by atoms with Crippen LogP contribution in [-0.4, -0.2) is 30.6 Å².